The summed E-state index contributed by atoms with van der Waals surface area (Å²) in [7, 11) is 0. The summed E-state index contributed by atoms with van der Waals surface area (Å²) in [5.41, 5.74) is 2.18. The molecule has 1 aliphatic rings. The third-order valence-electron chi connectivity index (χ3n) is 4.59. The number of carbonyl (C=O) groups is 1. The zero-order valence-corrected chi connectivity index (χ0v) is 15.0. The second-order valence-corrected chi connectivity index (χ2v) is 6.78. The van der Waals surface area contributed by atoms with Crippen LogP contribution in [0.15, 0.2) is 18.3 Å². The van der Waals surface area contributed by atoms with E-state index < -0.39 is 0 Å². The maximum Gasteiger partial charge on any atom is 0.270 e. The van der Waals surface area contributed by atoms with E-state index in [0.29, 0.717) is 17.3 Å². The third-order valence-corrected chi connectivity index (χ3v) is 4.81. The Morgan fingerprint density at radius 2 is 2.08 bits per heavy atom. The predicted octanol–water partition coefficient (Wildman–Crippen LogP) is 3.16. The summed E-state index contributed by atoms with van der Waals surface area (Å²) >= 11 is 6.07. The van der Waals surface area contributed by atoms with Crippen molar-refractivity contribution >= 4 is 23.2 Å². The summed E-state index contributed by atoms with van der Waals surface area (Å²) in [5, 5.41) is 3.63. The highest BCUT2D eigenvalue weighted by atomic mass is 35.5. The molecule has 1 aliphatic heterocycles. The molecule has 2 aromatic heterocycles. The van der Waals surface area contributed by atoms with Crippen LogP contribution in [-0.4, -0.2) is 46.4 Å². The van der Waals surface area contributed by atoms with Crippen molar-refractivity contribution in [3.63, 3.8) is 0 Å². The minimum absolute atomic E-state index is 0.0669. The lowest BCUT2D eigenvalue weighted by molar-refractivity contribution is 0.0946. The second kappa shape index (κ2) is 7.99. The summed E-state index contributed by atoms with van der Waals surface area (Å²) in [4.78, 5) is 19.6. The molecule has 0 aliphatic carbocycles. The maximum atomic E-state index is 12.6. The standard InChI is InChI=1S/C18H25ClN4O/c1-2-15-17(23-13-14(19)7-8-16(23)21-15)18(24)20-9-3-4-10-22-11-5-6-12-22/h7-8,13H,2-6,9-12H2,1H3,(H,20,24). The number of hydrogen-bond acceptors (Lipinski definition) is 3. The number of pyridine rings is 1. The SMILES string of the molecule is CCc1nc2ccc(Cl)cn2c1C(=O)NCCCCN1CCCC1. The Hall–Kier alpha value is -1.59. The zero-order chi connectivity index (χ0) is 16.9. The van der Waals surface area contributed by atoms with E-state index >= 15 is 0 Å². The number of halogens is 1. The highest BCUT2D eigenvalue weighted by Crippen LogP contribution is 2.17. The lowest BCUT2D eigenvalue weighted by atomic mass is 10.2. The monoisotopic (exact) mass is 348 g/mol. The zero-order valence-electron chi connectivity index (χ0n) is 14.2. The highest BCUT2D eigenvalue weighted by Gasteiger charge is 2.18. The van der Waals surface area contributed by atoms with Crippen molar-refractivity contribution in [2.24, 2.45) is 0 Å². The number of imidazole rings is 1. The second-order valence-electron chi connectivity index (χ2n) is 6.35. The van der Waals surface area contributed by atoms with Crippen LogP contribution in [-0.2, 0) is 6.42 Å². The molecule has 3 heterocycles. The van der Waals surface area contributed by atoms with E-state index in [2.05, 4.69) is 15.2 Å². The average molecular weight is 349 g/mol. The van der Waals surface area contributed by atoms with Crippen LogP contribution in [0.2, 0.25) is 5.02 Å². The van der Waals surface area contributed by atoms with Crippen molar-refractivity contribution in [1.82, 2.24) is 19.6 Å². The van der Waals surface area contributed by atoms with Crippen LogP contribution < -0.4 is 5.32 Å². The molecule has 5 nitrogen and oxygen atoms in total. The van der Waals surface area contributed by atoms with E-state index in [1.807, 2.05) is 13.0 Å². The molecule has 1 fully saturated rings. The number of aryl methyl sites for hydroxylation is 1. The number of fused-ring (bicyclic) bond motifs is 1. The van der Waals surface area contributed by atoms with Gasteiger partial charge in [0.1, 0.15) is 11.3 Å². The first kappa shape index (κ1) is 17.2. The number of rotatable bonds is 7. The van der Waals surface area contributed by atoms with Crippen LogP contribution in [0.3, 0.4) is 0 Å². The topological polar surface area (TPSA) is 49.6 Å². The van der Waals surface area contributed by atoms with Crippen molar-refractivity contribution in [3.8, 4) is 0 Å². The molecular weight excluding hydrogens is 324 g/mol. The minimum Gasteiger partial charge on any atom is -0.351 e. The van der Waals surface area contributed by atoms with Crippen molar-refractivity contribution in [1.29, 1.82) is 0 Å². The molecule has 1 N–H and O–H groups in total. The fourth-order valence-corrected chi connectivity index (χ4v) is 3.47. The number of likely N-dealkylation sites (tertiary alicyclic amines) is 1. The van der Waals surface area contributed by atoms with Crippen LogP contribution in [0.25, 0.3) is 5.65 Å². The van der Waals surface area contributed by atoms with Gasteiger partial charge in [0.2, 0.25) is 0 Å². The molecule has 2 aromatic rings. The Bertz CT molecular complexity index is 706. The quantitative estimate of drug-likeness (QED) is 0.782. The van der Waals surface area contributed by atoms with Crippen molar-refractivity contribution in [2.45, 2.75) is 39.0 Å². The largest absolute Gasteiger partial charge is 0.351 e. The van der Waals surface area contributed by atoms with Gasteiger partial charge in [0.15, 0.2) is 0 Å². The van der Waals surface area contributed by atoms with Crippen LogP contribution in [0.1, 0.15) is 48.8 Å². The lowest BCUT2D eigenvalue weighted by Gasteiger charge is -2.14. The number of carbonyl (C=O) groups excluding carboxylic acids is 1. The first-order chi connectivity index (χ1) is 11.7. The van der Waals surface area contributed by atoms with Gasteiger partial charge in [-0.25, -0.2) is 4.98 Å². The average Bonchev–Trinajstić information content (AvgIpc) is 3.21. The molecule has 0 aromatic carbocycles. The number of hydrogen-bond donors (Lipinski definition) is 1. The Balaban J connectivity index is 1.58. The third kappa shape index (κ3) is 3.90. The molecule has 3 rings (SSSR count). The Morgan fingerprint density at radius 3 is 2.83 bits per heavy atom. The van der Waals surface area contributed by atoms with Gasteiger partial charge < -0.3 is 10.2 Å². The van der Waals surface area contributed by atoms with E-state index in [-0.39, 0.29) is 5.91 Å². The summed E-state index contributed by atoms with van der Waals surface area (Å²) < 4.78 is 1.79. The molecule has 0 saturated carbocycles. The van der Waals surface area contributed by atoms with E-state index in [0.717, 1.165) is 37.1 Å². The van der Waals surface area contributed by atoms with E-state index in [4.69, 9.17) is 11.6 Å². The van der Waals surface area contributed by atoms with Crippen molar-refractivity contribution in [3.05, 3.63) is 34.7 Å². The van der Waals surface area contributed by atoms with Gasteiger partial charge in [-0.1, -0.05) is 18.5 Å². The summed E-state index contributed by atoms with van der Waals surface area (Å²) in [6.45, 7) is 6.31. The highest BCUT2D eigenvalue weighted by molar-refractivity contribution is 6.30. The molecule has 1 amide bonds. The van der Waals surface area contributed by atoms with Crippen LogP contribution in [0, 0.1) is 0 Å². The van der Waals surface area contributed by atoms with Gasteiger partial charge in [0.05, 0.1) is 10.7 Å². The van der Waals surface area contributed by atoms with Gasteiger partial charge >= 0.3 is 0 Å². The molecule has 0 atom stereocenters. The molecule has 0 unspecified atom stereocenters. The Kier molecular flexibility index (Phi) is 5.74. The molecule has 24 heavy (non-hydrogen) atoms. The van der Waals surface area contributed by atoms with Gasteiger partial charge in [0.25, 0.3) is 5.91 Å². The number of nitrogens with one attached hydrogen (secondary N) is 1. The molecule has 6 heteroatoms. The lowest BCUT2D eigenvalue weighted by Crippen LogP contribution is -2.28. The van der Waals surface area contributed by atoms with E-state index in [1.54, 1.807) is 16.7 Å². The predicted molar refractivity (Wildman–Crippen MR) is 96.8 cm³/mol. The van der Waals surface area contributed by atoms with Crippen molar-refractivity contribution in [2.75, 3.05) is 26.2 Å². The van der Waals surface area contributed by atoms with Gasteiger partial charge in [0, 0.05) is 12.7 Å². The molecule has 0 spiro atoms. The number of unbranched alkanes of at least 4 members (excludes halogenated alkanes) is 1. The molecule has 130 valence electrons. The first-order valence-corrected chi connectivity index (χ1v) is 9.24. The molecule has 0 bridgehead atoms. The van der Waals surface area contributed by atoms with Crippen LogP contribution in [0.4, 0.5) is 0 Å². The number of nitrogens with zero attached hydrogens (tertiary/aromatic N) is 3. The number of aromatic nitrogens is 2. The van der Waals surface area contributed by atoms with Gasteiger partial charge in [-0.15, -0.1) is 0 Å². The number of amides is 1. The van der Waals surface area contributed by atoms with Gasteiger partial charge in [-0.3, -0.25) is 9.20 Å². The normalized spacial score (nSPS) is 15.2. The van der Waals surface area contributed by atoms with Gasteiger partial charge in [-0.2, -0.15) is 0 Å². The Morgan fingerprint density at radius 1 is 1.29 bits per heavy atom. The smallest absolute Gasteiger partial charge is 0.270 e. The summed E-state index contributed by atoms with van der Waals surface area (Å²) in [6, 6.07) is 3.64. The fourth-order valence-electron chi connectivity index (χ4n) is 3.31. The molecular formula is C18H25ClN4O. The fraction of sp³-hybridized carbons (Fsp3) is 0.556. The molecule has 0 radical (unpaired) electrons. The van der Waals surface area contributed by atoms with E-state index in [9.17, 15) is 4.79 Å². The maximum absolute atomic E-state index is 12.6. The minimum atomic E-state index is -0.0669. The van der Waals surface area contributed by atoms with Gasteiger partial charge in [-0.05, 0) is 63.9 Å². The van der Waals surface area contributed by atoms with Crippen molar-refractivity contribution < 1.29 is 4.79 Å². The van der Waals surface area contributed by atoms with E-state index in [1.165, 1.54) is 25.9 Å². The summed E-state index contributed by atoms with van der Waals surface area (Å²) in [6.07, 6.45) is 7.25. The Labute approximate surface area is 148 Å². The summed E-state index contributed by atoms with van der Waals surface area (Å²) in [5.74, 6) is -0.0669. The van der Waals surface area contributed by atoms with Crippen LogP contribution in [0.5, 0.6) is 0 Å². The van der Waals surface area contributed by atoms with Crippen LogP contribution >= 0.6 is 11.6 Å². The molecule has 1 saturated heterocycles. The first-order valence-electron chi connectivity index (χ1n) is 8.86.